The molecule has 16 heavy (non-hydrogen) atoms. The summed E-state index contributed by atoms with van der Waals surface area (Å²) in [6, 6.07) is 1.93. The molecule has 88 valence electrons. The van der Waals surface area contributed by atoms with Crippen molar-refractivity contribution in [3.8, 4) is 0 Å². The van der Waals surface area contributed by atoms with E-state index in [0.717, 1.165) is 31.0 Å². The predicted molar refractivity (Wildman–Crippen MR) is 67.5 cm³/mol. The van der Waals surface area contributed by atoms with Gasteiger partial charge >= 0.3 is 0 Å². The van der Waals surface area contributed by atoms with E-state index in [1.165, 1.54) is 0 Å². The van der Waals surface area contributed by atoms with Crippen LogP contribution in [0.25, 0.3) is 0 Å². The van der Waals surface area contributed by atoms with E-state index in [-0.39, 0.29) is 0 Å². The third kappa shape index (κ3) is 4.31. The van der Waals surface area contributed by atoms with Gasteiger partial charge in [-0.05, 0) is 25.0 Å². The fourth-order valence-corrected chi connectivity index (χ4v) is 1.18. The lowest BCUT2D eigenvalue weighted by molar-refractivity contribution is 0.149. The standard InChI is InChI=1S/C12H19N3O/c1-3-4-6-16-7-5-14-12-8-10(2)11(13)9-15-12/h3,8-9H,1,4-7,13H2,2H3,(H,14,15). The van der Waals surface area contributed by atoms with Gasteiger partial charge in [-0.3, -0.25) is 0 Å². The fourth-order valence-electron chi connectivity index (χ4n) is 1.18. The van der Waals surface area contributed by atoms with Gasteiger partial charge in [0.15, 0.2) is 0 Å². The summed E-state index contributed by atoms with van der Waals surface area (Å²) in [4.78, 5) is 4.17. The van der Waals surface area contributed by atoms with Crippen LogP contribution in [0, 0.1) is 6.92 Å². The first kappa shape index (κ1) is 12.5. The van der Waals surface area contributed by atoms with E-state index in [9.17, 15) is 0 Å². The number of hydrogen-bond donors (Lipinski definition) is 2. The molecule has 0 saturated heterocycles. The number of rotatable bonds is 7. The molecule has 0 fully saturated rings. The zero-order valence-corrected chi connectivity index (χ0v) is 9.70. The van der Waals surface area contributed by atoms with Crippen LogP contribution in [0.1, 0.15) is 12.0 Å². The number of hydrogen-bond acceptors (Lipinski definition) is 4. The number of anilines is 2. The van der Waals surface area contributed by atoms with Crippen LogP contribution in [0.3, 0.4) is 0 Å². The van der Waals surface area contributed by atoms with Crippen molar-refractivity contribution in [3.63, 3.8) is 0 Å². The molecule has 1 heterocycles. The first-order valence-electron chi connectivity index (χ1n) is 5.38. The Labute approximate surface area is 96.5 Å². The number of nitrogens with two attached hydrogens (primary N) is 1. The molecule has 0 bridgehead atoms. The molecular weight excluding hydrogens is 202 g/mol. The molecule has 1 rings (SSSR count). The minimum Gasteiger partial charge on any atom is -0.397 e. The highest BCUT2D eigenvalue weighted by Crippen LogP contribution is 2.12. The molecule has 3 N–H and O–H groups in total. The van der Waals surface area contributed by atoms with Crippen molar-refractivity contribution in [1.29, 1.82) is 0 Å². The van der Waals surface area contributed by atoms with Crippen LogP contribution in [-0.4, -0.2) is 24.7 Å². The largest absolute Gasteiger partial charge is 0.397 e. The van der Waals surface area contributed by atoms with Gasteiger partial charge in [-0.25, -0.2) is 4.98 Å². The minimum absolute atomic E-state index is 0.666. The average Bonchev–Trinajstić information content (AvgIpc) is 2.28. The van der Waals surface area contributed by atoms with Gasteiger partial charge in [-0.2, -0.15) is 0 Å². The molecule has 0 aliphatic carbocycles. The van der Waals surface area contributed by atoms with Crippen molar-refractivity contribution in [2.24, 2.45) is 0 Å². The maximum absolute atomic E-state index is 5.67. The molecule has 0 radical (unpaired) electrons. The Hall–Kier alpha value is -1.55. The Kier molecular flexibility index (Phi) is 5.36. The number of nitrogens with zero attached hydrogens (tertiary/aromatic N) is 1. The van der Waals surface area contributed by atoms with Crippen molar-refractivity contribution in [2.75, 3.05) is 30.8 Å². The Balaban J connectivity index is 2.21. The monoisotopic (exact) mass is 221 g/mol. The number of nitrogen functional groups attached to an aromatic ring is 1. The molecule has 0 atom stereocenters. The van der Waals surface area contributed by atoms with Crippen molar-refractivity contribution in [1.82, 2.24) is 4.98 Å². The first-order valence-corrected chi connectivity index (χ1v) is 5.38. The van der Waals surface area contributed by atoms with Crippen LogP contribution in [0.5, 0.6) is 0 Å². The summed E-state index contributed by atoms with van der Waals surface area (Å²) >= 11 is 0. The van der Waals surface area contributed by atoms with Crippen LogP contribution in [0.2, 0.25) is 0 Å². The third-order valence-corrected chi connectivity index (χ3v) is 2.17. The molecule has 0 aromatic carbocycles. The van der Waals surface area contributed by atoms with Gasteiger partial charge in [0.25, 0.3) is 0 Å². The molecule has 0 aliphatic rings. The lowest BCUT2D eigenvalue weighted by atomic mass is 10.2. The van der Waals surface area contributed by atoms with Gasteiger partial charge in [0.05, 0.1) is 25.1 Å². The van der Waals surface area contributed by atoms with E-state index < -0.39 is 0 Å². The van der Waals surface area contributed by atoms with Crippen molar-refractivity contribution >= 4 is 11.5 Å². The van der Waals surface area contributed by atoms with Crippen LogP contribution in [0.4, 0.5) is 11.5 Å². The summed E-state index contributed by atoms with van der Waals surface area (Å²) in [5, 5.41) is 3.17. The quantitative estimate of drug-likeness (QED) is 0.546. The molecule has 0 unspecified atom stereocenters. The van der Waals surface area contributed by atoms with Crippen molar-refractivity contribution in [2.45, 2.75) is 13.3 Å². The number of aryl methyl sites for hydroxylation is 1. The zero-order chi connectivity index (χ0) is 11.8. The lowest BCUT2D eigenvalue weighted by Crippen LogP contribution is -2.11. The fraction of sp³-hybridized carbons (Fsp3) is 0.417. The number of ether oxygens (including phenoxy) is 1. The summed E-state index contributed by atoms with van der Waals surface area (Å²) in [7, 11) is 0. The lowest BCUT2D eigenvalue weighted by Gasteiger charge is -2.07. The Morgan fingerprint density at radius 2 is 2.38 bits per heavy atom. The number of aromatic nitrogens is 1. The second-order valence-corrected chi connectivity index (χ2v) is 3.54. The van der Waals surface area contributed by atoms with E-state index in [4.69, 9.17) is 10.5 Å². The summed E-state index contributed by atoms with van der Waals surface area (Å²) in [6.07, 6.45) is 4.40. The summed E-state index contributed by atoms with van der Waals surface area (Å²) in [5.41, 5.74) is 7.42. The van der Waals surface area contributed by atoms with Gasteiger partial charge in [0.1, 0.15) is 5.82 Å². The van der Waals surface area contributed by atoms with Gasteiger partial charge in [0.2, 0.25) is 0 Å². The Morgan fingerprint density at radius 1 is 1.56 bits per heavy atom. The van der Waals surface area contributed by atoms with Gasteiger partial charge in [-0.1, -0.05) is 6.08 Å². The van der Waals surface area contributed by atoms with E-state index in [1.807, 2.05) is 19.1 Å². The van der Waals surface area contributed by atoms with Crippen LogP contribution < -0.4 is 11.1 Å². The van der Waals surface area contributed by atoms with Gasteiger partial charge in [0, 0.05) is 6.54 Å². The second kappa shape index (κ2) is 6.85. The maximum Gasteiger partial charge on any atom is 0.126 e. The Bertz CT molecular complexity index is 339. The van der Waals surface area contributed by atoms with E-state index in [2.05, 4.69) is 16.9 Å². The first-order chi connectivity index (χ1) is 7.74. The molecule has 4 nitrogen and oxygen atoms in total. The molecule has 0 saturated carbocycles. The van der Waals surface area contributed by atoms with E-state index in [1.54, 1.807) is 6.20 Å². The topological polar surface area (TPSA) is 60.2 Å². The van der Waals surface area contributed by atoms with Crippen molar-refractivity contribution < 1.29 is 4.74 Å². The van der Waals surface area contributed by atoms with Crippen LogP contribution in [-0.2, 0) is 4.74 Å². The average molecular weight is 221 g/mol. The summed E-state index contributed by atoms with van der Waals surface area (Å²) < 4.78 is 5.36. The normalized spacial score (nSPS) is 10.1. The molecule has 1 aromatic heterocycles. The number of nitrogens with one attached hydrogen (secondary N) is 1. The highest BCUT2D eigenvalue weighted by molar-refractivity contribution is 5.50. The molecule has 0 aliphatic heterocycles. The molecule has 1 aromatic rings. The van der Waals surface area contributed by atoms with Gasteiger partial charge < -0.3 is 15.8 Å². The minimum atomic E-state index is 0.666. The SMILES string of the molecule is C=CCCOCCNc1cc(C)c(N)cn1. The third-order valence-electron chi connectivity index (χ3n) is 2.17. The van der Waals surface area contributed by atoms with Crippen LogP contribution >= 0.6 is 0 Å². The second-order valence-electron chi connectivity index (χ2n) is 3.54. The smallest absolute Gasteiger partial charge is 0.126 e. The highest BCUT2D eigenvalue weighted by atomic mass is 16.5. The van der Waals surface area contributed by atoms with E-state index in [0.29, 0.717) is 12.3 Å². The van der Waals surface area contributed by atoms with Gasteiger partial charge in [-0.15, -0.1) is 6.58 Å². The molecule has 4 heteroatoms. The predicted octanol–water partition coefficient (Wildman–Crippen LogP) is 1.98. The summed E-state index contributed by atoms with van der Waals surface area (Å²) in [6.45, 7) is 7.72. The van der Waals surface area contributed by atoms with Crippen molar-refractivity contribution in [3.05, 3.63) is 30.5 Å². The number of pyridine rings is 1. The zero-order valence-electron chi connectivity index (χ0n) is 9.70. The molecule has 0 spiro atoms. The van der Waals surface area contributed by atoms with E-state index >= 15 is 0 Å². The maximum atomic E-state index is 5.67. The van der Waals surface area contributed by atoms with Crippen LogP contribution in [0.15, 0.2) is 24.9 Å². The highest BCUT2D eigenvalue weighted by Gasteiger charge is 1.97. The molecule has 0 amide bonds. The Morgan fingerprint density at radius 3 is 3.06 bits per heavy atom. The molecular formula is C12H19N3O. The summed E-state index contributed by atoms with van der Waals surface area (Å²) in [5.74, 6) is 0.832.